The summed E-state index contributed by atoms with van der Waals surface area (Å²) in [6.07, 6.45) is 3.60. The van der Waals surface area contributed by atoms with Crippen molar-refractivity contribution in [1.29, 1.82) is 0 Å². The summed E-state index contributed by atoms with van der Waals surface area (Å²) >= 11 is 0. The molecule has 1 fully saturated rings. The number of nitrogens with zero attached hydrogens (tertiary/aromatic N) is 1. The van der Waals surface area contributed by atoms with Crippen molar-refractivity contribution in [3.8, 4) is 0 Å². The molecule has 0 aliphatic carbocycles. The van der Waals surface area contributed by atoms with Crippen LogP contribution in [-0.2, 0) is 4.79 Å². The topological polar surface area (TPSA) is 58.4 Å². The Balaban J connectivity index is 2.19. The average molecular weight is 269 g/mol. The maximum absolute atomic E-state index is 11.9. The molecule has 0 aromatic rings. The van der Waals surface area contributed by atoms with Crippen LogP contribution in [-0.4, -0.2) is 43.0 Å². The highest BCUT2D eigenvalue weighted by molar-refractivity contribution is 5.82. The van der Waals surface area contributed by atoms with Gasteiger partial charge in [0.1, 0.15) is 0 Å². The van der Waals surface area contributed by atoms with Gasteiger partial charge >= 0.3 is 0 Å². The number of nitrogens with one attached hydrogen (secondary N) is 1. The van der Waals surface area contributed by atoms with Gasteiger partial charge in [0.15, 0.2) is 0 Å². The second kappa shape index (κ2) is 7.25. The lowest BCUT2D eigenvalue weighted by Crippen LogP contribution is -2.49. The molecule has 0 spiro atoms. The summed E-state index contributed by atoms with van der Waals surface area (Å²) in [6.45, 7) is 12.5. The highest BCUT2D eigenvalue weighted by Crippen LogP contribution is 2.20. The molecule has 1 aliphatic heterocycles. The molecule has 1 atom stereocenters. The van der Waals surface area contributed by atoms with E-state index in [1.54, 1.807) is 0 Å². The smallest absolute Gasteiger partial charge is 0.237 e. The number of rotatable bonds is 5. The normalized spacial score (nSPS) is 20.3. The fourth-order valence-corrected chi connectivity index (χ4v) is 2.49. The van der Waals surface area contributed by atoms with Crippen molar-refractivity contribution in [3.05, 3.63) is 0 Å². The minimum Gasteiger partial charge on any atom is -0.355 e. The largest absolute Gasteiger partial charge is 0.355 e. The van der Waals surface area contributed by atoms with Crippen molar-refractivity contribution >= 4 is 5.91 Å². The van der Waals surface area contributed by atoms with Crippen LogP contribution in [0, 0.1) is 11.3 Å². The number of carbonyl (C=O) groups excluding carboxylic acids is 1. The summed E-state index contributed by atoms with van der Waals surface area (Å²) < 4.78 is 0. The van der Waals surface area contributed by atoms with E-state index in [2.05, 4.69) is 17.1 Å². The van der Waals surface area contributed by atoms with Gasteiger partial charge in [0.25, 0.3) is 0 Å². The van der Waals surface area contributed by atoms with E-state index in [-0.39, 0.29) is 11.3 Å². The first-order chi connectivity index (χ1) is 8.84. The molecule has 0 saturated carbocycles. The van der Waals surface area contributed by atoms with E-state index >= 15 is 0 Å². The summed E-state index contributed by atoms with van der Waals surface area (Å²) in [5, 5.41) is 2.98. The molecule has 1 saturated heterocycles. The van der Waals surface area contributed by atoms with E-state index in [4.69, 9.17) is 5.73 Å². The third-order valence-electron chi connectivity index (χ3n) is 4.22. The van der Waals surface area contributed by atoms with Crippen molar-refractivity contribution in [1.82, 2.24) is 10.2 Å². The maximum atomic E-state index is 11.9. The zero-order valence-corrected chi connectivity index (χ0v) is 13.0. The van der Waals surface area contributed by atoms with Gasteiger partial charge in [-0.25, -0.2) is 0 Å². The van der Waals surface area contributed by atoms with Gasteiger partial charge < -0.3 is 16.0 Å². The van der Waals surface area contributed by atoms with Crippen LogP contribution >= 0.6 is 0 Å². The Bertz CT molecular complexity index is 278. The van der Waals surface area contributed by atoms with Gasteiger partial charge in [-0.05, 0) is 50.2 Å². The Labute approximate surface area is 118 Å². The number of hydrogen-bond donors (Lipinski definition) is 2. The average Bonchev–Trinajstić information content (AvgIpc) is 2.37. The molecule has 19 heavy (non-hydrogen) atoms. The van der Waals surface area contributed by atoms with Crippen molar-refractivity contribution in [3.63, 3.8) is 0 Å². The quantitative estimate of drug-likeness (QED) is 0.797. The molecule has 4 heteroatoms. The number of amides is 1. The Kier molecular flexibility index (Phi) is 6.27. The highest BCUT2D eigenvalue weighted by Gasteiger charge is 2.27. The van der Waals surface area contributed by atoms with Crippen molar-refractivity contribution < 1.29 is 4.79 Å². The Morgan fingerprint density at radius 2 is 1.95 bits per heavy atom. The molecule has 1 rings (SSSR count). The summed E-state index contributed by atoms with van der Waals surface area (Å²) in [6, 6.07) is -0.422. The minimum absolute atomic E-state index is 0.0153. The minimum atomic E-state index is -0.422. The highest BCUT2D eigenvalue weighted by atomic mass is 16.2. The predicted octanol–water partition coefficient (Wildman–Crippen LogP) is 1.60. The summed E-state index contributed by atoms with van der Waals surface area (Å²) in [5.74, 6) is 0.743. The SMILES string of the molecule is CCN1CCC(CCNC(=O)[C@@H](N)C(C)(C)C)CC1. The fraction of sp³-hybridized carbons (Fsp3) is 0.933. The molecule has 0 radical (unpaired) electrons. The van der Waals surface area contributed by atoms with Gasteiger partial charge in [0.2, 0.25) is 5.91 Å². The van der Waals surface area contributed by atoms with Crippen LogP contribution in [0.5, 0.6) is 0 Å². The van der Waals surface area contributed by atoms with Crippen LogP contribution in [0.15, 0.2) is 0 Å². The van der Waals surface area contributed by atoms with Crippen LogP contribution in [0.3, 0.4) is 0 Å². The lowest BCUT2D eigenvalue weighted by atomic mass is 9.87. The molecular weight excluding hydrogens is 238 g/mol. The third-order valence-corrected chi connectivity index (χ3v) is 4.22. The fourth-order valence-electron chi connectivity index (χ4n) is 2.49. The predicted molar refractivity (Wildman–Crippen MR) is 79.9 cm³/mol. The standard InChI is InChI=1S/C15H31N3O/c1-5-18-10-7-12(8-11-18)6-9-17-14(19)13(16)15(2,3)4/h12-13H,5-11,16H2,1-4H3,(H,17,19)/t13-/m1/s1. The van der Waals surface area contributed by atoms with Crippen LogP contribution in [0.25, 0.3) is 0 Å². The molecule has 1 aliphatic rings. The van der Waals surface area contributed by atoms with E-state index in [9.17, 15) is 4.79 Å². The Morgan fingerprint density at radius 1 is 1.37 bits per heavy atom. The van der Waals surface area contributed by atoms with Gasteiger partial charge in [-0.2, -0.15) is 0 Å². The van der Waals surface area contributed by atoms with E-state index in [1.807, 2.05) is 20.8 Å². The second-order valence-corrected chi connectivity index (χ2v) is 6.80. The molecule has 0 aromatic carbocycles. The summed E-state index contributed by atoms with van der Waals surface area (Å²) in [5.41, 5.74) is 5.76. The molecule has 1 amide bonds. The Hall–Kier alpha value is -0.610. The van der Waals surface area contributed by atoms with Gasteiger partial charge in [-0.3, -0.25) is 4.79 Å². The lowest BCUT2D eigenvalue weighted by molar-refractivity contribution is -0.124. The number of nitrogens with two attached hydrogens (primary N) is 1. The number of hydrogen-bond acceptors (Lipinski definition) is 3. The molecule has 0 unspecified atom stereocenters. The molecular formula is C15H31N3O. The molecule has 1 heterocycles. The first kappa shape index (κ1) is 16.4. The molecule has 3 N–H and O–H groups in total. The van der Waals surface area contributed by atoms with Gasteiger partial charge in [0.05, 0.1) is 6.04 Å². The van der Waals surface area contributed by atoms with Gasteiger partial charge in [-0.1, -0.05) is 27.7 Å². The molecule has 0 bridgehead atoms. The van der Waals surface area contributed by atoms with E-state index in [0.29, 0.717) is 0 Å². The maximum Gasteiger partial charge on any atom is 0.237 e. The zero-order chi connectivity index (χ0) is 14.5. The van der Waals surface area contributed by atoms with Crippen LogP contribution < -0.4 is 11.1 Å². The van der Waals surface area contributed by atoms with Crippen molar-refractivity contribution in [2.24, 2.45) is 17.1 Å². The lowest BCUT2D eigenvalue weighted by Gasteiger charge is -2.31. The van der Waals surface area contributed by atoms with Crippen LogP contribution in [0.4, 0.5) is 0 Å². The number of carbonyl (C=O) groups is 1. The first-order valence-corrected chi connectivity index (χ1v) is 7.60. The summed E-state index contributed by atoms with van der Waals surface area (Å²) in [7, 11) is 0. The molecule has 112 valence electrons. The first-order valence-electron chi connectivity index (χ1n) is 7.60. The van der Waals surface area contributed by atoms with E-state index in [1.165, 1.54) is 25.9 Å². The molecule has 0 aromatic heterocycles. The number of likely N-dealkylation sites (tertiary alicyclic amines) is 1. The van der Waals surface area contributed by atoms with Crippen LogP contribution in [0.1, 0.15) is 47.0 Å². The Morgan fingerprint density at radius 3 is 2.42 bits per heavy atom. The summed E-state index contributed by atoms with van der Waals surface area (Å²) in [4.78, 5) is 14.4. The molecule has 4 nitrogen and oxygen atoms in total. The van der Waals surface area contributed by atoms with Crippen LogP contribution in [0.2, 0.25) is 0 Å². The second-order valence-electron chi connectivity index (χ2n) is 6.80. The van der Waals surface area contributed by atoms with E-state index in [0.717, 1.165) is 25.4 Å². The van der Waals surface area contributed by atoms with Gasteiger partial charge in [0, 0.05) is 6.54 Å². The number of piperidine rings is 1. The third kappa shape index (κ3) is 5.49. The van der Waals surface area contributed by atoms with Gasteiger partial charge in [-0.15, -0.1) is 0 Å². The zero-order valence-electron chi connectivity index (χ0n) is 13.0. The van der Waals surface area contributed by atoms with Crippen molar-refractivity contribution in [2.75, 3.05) is 26.2 Å². The van der Waals surface area contributed by atoms with E-state index < -0.39 is 6.04 Å². The van der Waals surface area contributed by atoms with Crippen molar-refractivity contribution in [2.45, 2.75) is 53.0 Å². The monoisotopic (exact) mass is 269 g/mol.